The Morgan fingerprint density at radius 3 is 1.90 bits per heavy atom. The summed E-state index contributed by atoms with van der Waals surface area (Å²) in [5.74, 6) is 0. The zero-order chi connectivity index (χ0) is 31.6. The maximum atomic E-state index is 5.11. The molecule has 0 fully saturated rings. The van der Waals surface area contributed by atoms with Crippen molar-refractivity contribution in [1.82, 2.24) is 9.55 Å². The Morgan fingerprint density at radius 2 is 1.06 bits per heavy atom. The van der Waals surface area contributed by atoms with E-state index in [0.29, 0.717) is 0 Å². The predicted molar refractivity (Wildman–Crippen MR) is 202 cm³/mol. The first-order valence-corrected chi connectivity index (χ1v) is 17.1. The minimum Gasteiger partial charge on any atom is -0.309 e. The van der Waals surface area contributed by atoms with Gasteiger partial charge >= 0.3 is 0 Å². The minimum atomic E-state index is 0.973. The Balaban J connectivity index is 1.15. The molecule has 0 saturated carbocycles. The highest BCUT2D eigenvalue weighted by atomic mass is 32.2. The summed E-state index contributed by atoms with van der Waals surface area (Å²) in [7, 11) is 0. The zero-order valence-corrected chi connectivity index (χ0v) is 26.8. The Labute approximate surface area is 283 Å². The SMILES string of the molecule is c1ccc(-c2cc(-c3ccc(-n4c5ccccc5c5cc6c(cc54)Sc4ccccc4-c4ccccc4-6)cc3)nc3ccccc23)cc1. The molecule has 0 aliphatic carbocycles. The van der Waals surface area contributed by atoms with Gasteiger partial charge in [0.1, 0.15) is 0 Å². The van der Waals surface area contributed by atoms with E-state index in [1.54, 1.807) is 0 Å². The number of benzene rings is 7. The topological polar surface area (TPSA) is 17.8 Å². The van der Waals surface area contributed by atoms with Crippen LogP contribution < -0.4 is 0 Å². The van der Waals surface area contributed by atoms with Gasteiger partial charge in [-0.1, -0.05) is 133 Å². The van der Waals surface area contributed by atoms with Crippen LogP contribution >= 0.6 is 11.8 Å². The van der Waals surface area contributed by atoms with Crippen LogP contribution in [0.5, 0.6) is 0 Å². The largest absolute Gasteiger partial charge is 0.309 e. The van der Waals surface area contributed by atoms with Crippen molar-refractivity contribution in [3.05, 3.63) is 170 Å². The van der Waals surface area contributed by atoms with Crippen LogP contribution in [0.15, 0.2) is 180 Å². The average molecular weight is 629 g/mol. The van der Waals surface area contributed by atoms with Crippen LogP contribution in [0.3, 0.4) is 0 Å². The molecular weight excluding hydrogens is 601 g/mol. The Kier molecular flexibility index (Phi) is 6.15. The van der Waals surface area contributed by atoms with E-state index < -0.39 is 0 Å². The molecule has 0 unspecified atom stereocenters. The second-order valence-corrected chi connectivity index (χ2v) is 13.4. The molecule has 0 saturated heterocycles. The Morgan fingerprint density at radius 1 is 0.396 bits per heavy atom. The lowest BCUT2D eigenvalue weighted by atomic mass is 9.94. The van der Waals surface area contributed by atoms with Crippen molar-refractivity contribution in [2.24, 2.45) is 0 Å². The van der Waals surface area contributed by atoms with Gasteiger partial charge in [-0.05, 0) is 81.9 Å². The van der Waals surface area contributed by atoms with Crippen LogP contribution in [0.25, 0.3) is 83.0 Å². The number of pyridine rings is 1. The van der Waals surface area contributed by atoms with Gasteiger partial charge in [0.25, 0.3) is 0 Å². The van der Waals surface area contributed by atoms with Crippen LogP contribution in [0, 0.1) is 0 Å². The van der Waals surface area contributed by atoms with E-state index in [1.165, 1.54) is 65.0 Å². The molecule has 3 heterocycles. The summed E-state index contributed by atoms with van der Waals surface area (Å²) in [5.41, 5.74) is 14.2. The first-order valence-electron chi connectivity index (χ1n) is 16.3. The van der Waals surface area contributed by atoms with E-state index in [-0.39, 0.29) is 0 Å². The summed E-state index contributed by atoms with van der Waals surface area (Å²) in [6.07, 6.45) is 0. The van der Waals surface area contributed by atoms with Gasteiger partial charge in [0.2, 0.25) is 0 Å². The van der Waals surface area contributed by atoms with Gasteiger partial charge in [0.05, 0.1) is 22.2 Å². The molecule has 0 radical (unpaired) electrons. The Bertz CT molecular complexity index is 2690. The van der Waals surface area contributed by atoms with Gasteiger partial charge in [-0.2, -0.15) is 0 Å². The molecule has 1 aliphatic rings. The molecule has 7 aromatic carbocycles. The molecule has 9 aromatic rings. The average Bonchev–Trinajstić information content (AvgIpc) is 3.40. The van der Waals surface area contributed by atoms with E-state index in [0.717, 1.165) is 27.8 Å². The van der Waals surface area contributed by atoms with Crippen molar-refractivity contribution in [2.75, 3.05) is 0 Å². The second kappa shape index (κ2) is 10.8. The van der Waals surface area contributed by atoms with Crippen molar-refractivity contribution in [3.8, 4) is 50.3 Å². The molecule has 0 amide bonds. The van der Waals surface area contributed by atoms with Crippen LogP contribution in [-0.2, 0) is 0 Å². The second-order valence-electron chi connectivity index (χ2n) is 12.3. The summed E-state index contributed by atoms with van der Waals surface area (Å²) in [6, 6.07) is 61.4. The van der Waals surface area contributed by atoms with Crippen molar-refractivity contribution in [3.63, 3.8) is 0 Å². The lowest BCUT2D eigenvalue weighted by Gasteiger charge is -2.13. The van der Waals surface area contributed by atoms with Crippen molar-refractivity contribution in [1.29, 1.82) is 0 Å². The van der Waals surface area contributed by atoms with E-state index in [9.17, 15) is 0 Å². The molecule has 1 aliphatic heterocycles. The molecule has 0 spiro atoms. The first-order chi connectivity index (χ1) is 23.8. The summed E-state index contributed by atoms with van der Waals surface area (Å²) in [5, 5.41) is 3.68. The van der Waals surface area contributed by atoms with Crippen LogP contribution in [-0.4, -0.2) is 9.55 Å². The van der Waals surface area contributed by atoms with Gasteiger partial charge in [-0.3, -0.25) is 0 Å². The molecule has 48 heavy (non-hydrogen) atoms. The monoisotopic (exact) mass is 628 g/mol. The molecular formula is C45H28N2S. The molecule has 10 rings (SSSR count). The smallest absolute Gasteiger partial charge is 0.0715 e. The van der Waals surface area contributed by atoms with Gasteiger partial charge < -0.3 is 4.57 Å². The van der Waals surface area contributed by atoms with Crippen LogP contribution in [0.4, 0.5) is 0 Å². The van der Waals surface area contributed by atoms with E-state index in [1.807, 2.05) is 11.8 Å². The van der Waals surface area contributed by atoms with Gasteiger partial charge in [0.15, 0.2) is 0 Å². The standard InChI is InChI=1S/C45H28N2S/c1-2-12-29(13-3-1)37-27-41(46-40-19-9-6-16-34(37)40)30-22-24-31(25-23-30)47-42-20-10-7-17-35(42)38-26-39-33-15-5-4-14-32(33)36-18-8-11-21-44(36)48-45(39)28-43(38)47/h1-28H. The number of aromatic nitrogens is 2. The third kappa shape index (κ3) is 4.25. The van der Waals surface area contributed by atoms with Gasteiger partial charge in [-0.15, -0.1) is 0 Å². The number of nitrogens with zero attached hydrogens (tertiary/aromatic N) is 2. The molecule has 2 aromatic heterocycles. The number of hydrogen-bond acceptors (Lipinski definition) is 2. The van der Waals surface area contributed by atoms with Gasteiger partial charge in [-0.25, -0.2) is 4.98 Å². The lowest BCUT2D eigenvalue weighted by molar-refractivity contribution is 1.17. The highest BCUT2D eigenvalue weighted by Crippen LogP contribution is 2.50. The van der Waals surface area contributed by atoms with Gasteiger partial charge in [0, 0.05) is 37.2 Å². The highest BCUT2D eigenvalue weighted by molar-refractivity contribution is 7.99. The quantitative estimate of drug-likeness (QED) is 0.194. The molecule has 0 N–H and O–H groups in total. The number of rotatable bonds is 3. The van der Waals surface area contributed by atoms with Crippen LogP contribution in [0.1, 0.15) is 0 Å². The van der Waals surface area contributed by atoms with Crippen LogP contribution in [0.2, 0.25) is 0 Å². The van der Waals surface area contributed by atoms with E-state index >= 15 is 0 Å². The lowest BCUT2D eigenvalue weighted by Crippen LogP contribution is -1.95. The fourth-order valence-corrected chi connectivity index (χ4v) is 8.50. The summed E-state index contributed by atoms with van der Waals surface area (Å²) >= 11 is 1.87. The normalized spacial score (nSPS) is 12.1. The summed E-state index contributed by atoms with van der Waals surface area (Å²) in [6.45, 7) is 0. The first kappa shape index (κ1) is 27.2. The molecule has 224 valence electrons. The number of para-hydroxylation sites is 2. The minimum absolute atomic E-state index is 0.973. The maximum absolute atomic E-state index is 5.11. The van der Waals surface area contributed by atoms with E-state index in [2.05, 4.69) is 174 Å². The van der Waals surface area contributed by atoms with Crippen molar-refractivity contribution >= 4 is 44.5 Å². The number of hydrogen-bond donors (Lipinski definition) is 0. The Hall–Kier alpha value is -5.90. The summed E-state index contributed by atoms with van der Waals surface area (Å²) in [4.78, 5) is 7.67. The molecule has 0 atom stereocenters. The molecule has 2 nitrogen and oxygen atoms in total. The van der Waals surface area contributed by atoms with Crippen molar-refractivity contribution < 1.29 is 0 Å². The zero-order valence-electron chi connectivity index (χ0n) is 26.0. The maximum Gasteiger partial charge on any atom is 0.0715 e. The third-order valence-corrected chi connectivity index (χ3v) is 10.7. The third-order valence-electron chi connectivity index (χ3n) is 9.61. The number of fused-ring (bicyclic) bond motifs is 9. The van der Waals surface area contributed by atoms with Crippen molar-refractivity contribution in [2.45, 2.75) is 9.79 Å². The highest BCUT2D eigenvalue weighted by Gasteiger charge is 2.22. The molecule has 3 heteroatoms. The fraction of sp³-hybridized carbons (Fsp3) is 0. The fourth-order valence-electron chi connectivity index (χ4n) is 7.38. The van der Waals surface area contributed by atoms with E-state index in [4.69, 9.17) is 4.98 Å². The summed E-state index contributed by atoms with van der Waals surface area (Å²) < 4.78 is 2.42. The predicted octanol–water partition coefficient (Wildman–Crippen LogP) is 12.5. The molecule has 0 bridgehead atoms.